The molecule has 5 nitrogen and oxygen atoms in total. The van der Waals surface area contributed by atoms with E-state index in [1.807, 2.05) is 42.6 Å². The lowest BCUT2D eigenvalue weighted by Gasteiger charge is -2.31. The van der Waals surface area contributed by atoms with Gasteiger partial charge in [-0.05, 0) is 43.5 Å². The number of likely N-dealkylation sites (tertiary alicyclic amines) is 1. The van der Waals surface area contributed by atoms with Crippen LogP contribution in [-0.4, -0.2) is 34.0 Å². The van der Waals surface area contributed by atoms with Gasteiger partial charge in [-0.25, -0.2) is 9.37 Å². The van der Waals surface area contributed by atoms with Gasteiger partial charge in [-0.1, -0.05) is 35.5 Å². The van der Waals surface area contributed by atoms with E-state index in [1.54, 1.807) is 4.90 Å². The van der Waals surface area contributed by atoms with Crippen molar-refractivity contribution in [3.05, 3.63) is 81.6 Å². The number of rotatable bonds is 5. The fourth-order valence-electron chi connectivity index (χ4n) is 4.69. The van der Waals surface area contributed by atoms with Crippen molar-refractivity contribution in [1.82, 2.24) is 15.0 Å². The van der Waals surface area contributed by atoms with Crippen LogP contribution in [0, 0.1) is 12.7 Å². The highest BCUT2D eigenvalue weighted by molar-refractivity contribution is 7.10. The largest absolute Gasteiger partial charge is 0.416 e. The van der Waals surface area contributed by atoms with Gasteiger partial charge in [0.05, 0.1) is 28.2 Å². The van der Waals surface area contributed by atoms with Crippen LogP contribution in [0.2, 0.25) is 0 Å². The third kappa shape index (κ3) is 5.29. The van der Waals surface area contributed by atoms with Gasteiger partial charge in [0.15, 0.2) is 0 Å². The number of piperidine rings is 1. The topological polar surface area (TPSA) is 59.2 Å². The predicted molar refractivity (Wildman–Crippen MR) is 131 cm³/mol. The molecule has 0 aliphatic carbocycles. The van der Waals surface area contributed by atoms with Gasteiger partial charge in [0, 0.05) is 30.0 Å². The Bertz CT molecular complexity index is 1410. The maximum atomic E-state index is 13.6. The van der Waals surface area contributed by atoms with E-state index >= 15 is 0 Å². The second kappa shape index (κ2) is 10.1. The van der Waals surface area contributed by atoms with E-state index < -0.39 is 29.9 Å². The highest BCUT2D eigenvalue weighted by atomic mass is 32.1. The zero-order valence-corrected chi connectivity index (χ0v) is 20.7. The predicted octanol–water partition coefficient (Wildman–Crippen LogP) is 6.88. The Morgan fingerprint density at radius 1 is 1.14 bits per heavy atom. The third-order valence-corrected chi connectivity index (χ3v) is 7.61. The van der Waals surface area contributed by atoms with Crippen molar-refractivity contribution in [1.29, 1.82) is 0 Å². The van der Waals surface area contributed by atoms with E-state index in [1.165, 1.54) is 11.3 Å². The molecule has 0 atom stereocenters. The van der Waals surface area contributed by atoms with Gasteiger partial charge >= 0.3 is 6.18 Å². The number of carbonyl (C=O) groups excluding carboxylic acids is 1. The summed E-state index contributed by atoms with van der Waals surface area (Å²) in [5.74, 6) is -0.440. The summed E-state index contributed by atoms with van der Waals surface area (Å²) in [6.45, 7) is 2.65. The minimum atomic E-state index is -4.65. The highest BCUT2D eigenvalue weighted by Crippen LogP contribution is 2.38. The third-order valence-electron chi connectivity index (χ3n) is 6.60. The lowest BCUT2D eigenvalue weighted by Crippen LogP contribution is -2.39. The normalized spacial score (nSPS) is 14.8. The smallest absolute Gasteiger partial charge is 0.360 e. The second-order valence-electron chi connectivity index (χ2n) is 9.03. The lowest BCUT2D eigenvalue weighted by atomic mass is 9.96. The van der Waals surface area contributed by atoms with Crippen molar-refractivity contribution in [2.24, 2.45) is 0 Å². The van der Waals surface area contributed by atoms with Crippen LogP contribution in [0.25, 0.3) is 22.5 Å². The molecule has 192 valence electrons. The molecular formula is C27H23F4N3O2S. The number of alkyl halides is 3. The van der Waals surface area contributed by atoms with Crippen LogP contribution in [0.1, 0.15) is 40.7 Å². The molecule has 4 aromatic rings. The molecule has 2 aromatic heterocycles. The van der Waals surface area contributed by atoms with Crippen LogP contribution in [0.3, 0.4) is 0 Å². The summed E-state index contributed by atoms with van der Waals surface area (Å²) in [6, 6.07) is 12.0. The van der Waals surface area contributed by atoms with Crippen molar-refractivity contribution >= 4 is 17.2 Å². The number of aromatic nitrogens is 2. The van der Waals surface area contributed by atoms with Gasteiger partial charge in [0.25, 0.3) is 0 Å². The Morgan fingerprint density at radius 3 is 2.57 bits per heavy atom. The number of thiazole rings is 1. The Labute approximate surface area is 214 Å². The number of benzene rings is 2. The summed E-state index contributed by atoms with van der Waals surface area (Å²) in [7, 11) is 0. The van der Waals surface area contributed by atoms with E-state index in [2.05, 4.69) is 5.16 Å². The molecule has 1 amide bonds. The number of nitrogens with zero attached hydrogens (tertiary/aromatic N) is 3. The molecule has 1 fully saturated rings. The molecule has 1 aliphatic heterocycles. The van der Waals surface area contributed by atoms with Crippen molar-refractivity contribution in [3.63, 3.8) is 0 Å². The van der Waals surface area contributed by atoms with Gasteiger partial charge < -0.3 is 9.42 Å². The van der Waals surface area contributed by atoms with Gasteiger partial charge in [-0.2, -0.15) is 13.2 Å². The molecule has 37 heavy (non-hydrogen) atoms. The highest BCUT2D eigenvalue weighted by Gasteiger charge is 2.35. The SMILES string of the molecule is Cc1onc(-c2ccccc2)c1-c1csc(C2CCN(C(=O)Cc3cc(F)ccc3C(F)(F)F)CC2)n1. The Balaban J connectivity index is 1.26. The monoisotopic (exact) mass is 529 g/mol. The average molecular weight is 530 g/mol. The van der Waals surface area contributed by atoms with E-state index in [0.29, 0.717) is 37.8 Å². The molecule has 0 N–H and O–H groups in total. The molecule has 0 spiro atoms. The molecule has 3 heterocycles. The summed E-state index contributed by atoms with van der Waals surface area (Å²) in [4.78, 5) is 19.2. The Morgan fingerprint density at radius 2 is 1.86 bits per heavy atom. The molecule has 1 aliphatic rings. The summed E-state index contributed by atoms with van der Waals surface area (Å²) in [5, 5.41) is 7.14. The quantitative estimate of drug-likeness (QED) is 0.265. The molecule has 10 heteroatoms. The van der Waals surface area contributed by atoms with E-state index in [9.17, 15) is 22.4 Å². The molecule has 0 bridgehead atoms. The maximum Gasteiger partial charge on any atom is 0.416 e. The van der Waals surface area contributed by atoms with Gasteiger partial charge in [-0.3, -0.25) is 4.79 Å². The van der Waals surface area contributed by atoms with Gasteiger partial charge in [0.1, 0.15) is 17.3 Å². The van der Waals surface area contributed by atoms with E-state index in [-0.39, 0.29) is 11.5 Å². The van der Waals surface area contributed by atoms with Crippen molar-refractivity contribution in [3.8, 4) is 22.5 Å². The summed E-state index contributed by atoms with van der Waals surface area (Å²) in [5.41, 5.74) is 1.96. The zero-order chi connectivity index (χ0) is 26.2. The first-order chi connectivity index (χ1) is 17.7. The molecular weight excluding hydrogens is 506 g/mol. The number of aryl methyl sites for hydroxylation is 1. The first-order valence-electron chi connectivity index (χ1n) is 11.8. The van der Waals surface area contributed by atoms with Crippen molar-refractivity contribution in [2.45, 2.75) is 38.3 Å². The van der Waals surface area contributed by atoms with Crippen molar-refractivity contribution < 1.29 is 26.9 Å². The van der Waals surface area contributed by atoms with Crippen LogP contribution in [0.4, 0.5) is 17.6 Å². The van der Waals surface area contributed by atoms with Gasteiger partial charge in [-0.15, -0.1) is 11.3 Å². The van der Waals surface area contributed by atoms with Crippen LogP contribution >= 0.6 is 11.3 Å². The van der Waals surface area contributed by atoms with Gasteiger partial charge in [0.2, 0.25) is 5.91 Å². The first kappa shape index (κ1) is 25.1. The van der Waals surface area contributed by atoms with Crippen LogP contribution in [0.15, 0.2) is 58.4 Å². The number of hydrogen-bond donors (Lipinski definition) is 0. The minimum Gasteiger partial charge on any atom is -0.360 e. The number of amides is 1. The first-order valence-corrected chi connectivity index (χ1v) is 12.7. The maximum absolute atomic E-state index is 13.6. The summed E-state index contributed by atoms with van der Waals surface area (Å²) >= 11 is 1.53. The fourth-order valence-corrected chi connectivity index (χ4v) is 5.67. The minimum absolute atomic E-state index is 0.128. The Kier molecular flexibility index (Phi) is 6.85. The van der Waals surface area contributed by atoms with Crippen molar-refractivity contribution in [2.75, 3.05) is 13.1 Å². The second-order valence-corrected chi connectivity index (χ2v) is 9.92. The van der Waals surface area contributed by atoms with E-state index in [4.69, 9.17) is 9.51 Å². The van der Waals surface area contributed by atoms with E-state index in [0.717, 1.165) is 39.7 Å². The molecule has 0 unspecified atom stereocenters. The zero-order valence-electron chi connectivity index (χ0n) is 19.9. The standard InChI is InChI=1S/C27H23F4N3O2S/c1-16-24(25(33-36-16)17-5-3-2-4-6-17)22-15-37-26(32-22)18-9-11-34(12-10-18)23(35)14-19-13-20(28)7-8-21(19)27(29,30)31/h2-8,13,15,18H,9-12,14H2,1H3. The van der Waals surface area contributed by atoms with Crippen LogP contribution < -0.4 is 0 Å². The molecule has 0 radical (unpaired) electrons. The molecule has 5 rings (SSSR count). The average Bonchev–Trinajstić information content (AvgIpc) is 3.50. The molecule has 0 saturated carbocycles. The summed E-state index contributed by atoms with van der Waals surface area (Å²) in [6.07, 6.45) is -3.86. The number of carbonyl (C=O) groups is 1. The van der Waals surface area contributed by atoms with Crippen LogP contribution in [-0.2, 0) is 17.4 Å². The molecule has 1 saturated heterocycles. The number of hydrogen-bond acceptors (Lipinski definition) is 5. The van der Waals surface area contributed by atoms with Crippen LogP contribution in [0.5, 0.6) is 0 Å². The number of halogens is 4. The molecule has 2 aromatic carbocycles. The fraction of sp³-hybridized carbons (Fsp3) is 0.296. The summed E-state index contributed by atoms with van der Waals surface area (Å²) < 4.78 is 59.0. The Hall–Kier alpha value is -3.53. The lowest BCUT2D eigenvalue weighted by molar-refractivity contribution is -0.138.